The highest BCUT2D eigenvalue weighted by Gasteiger charge is 1.88. The lowest BCUT2D eigenvalue weighted by molar-refractivity contribution is 0.239. The summed E-state index contributed by atoms with van der Waals surface area (Å²) in [5.41, 5.74) is 1.02. The highest BCUT2D eigenvalue weighted by Crippen LogP contribution is 1.90. The van der Waals surface area contributed by atoms with E-state index in [-0.39, 0.29) is 0 Å². The Bertz CT molecular complexity index is 293. The summed E-state index contributed by atoms with van der Waals surface area (Å²) >= 11 is 0. The van der Waals surface area contributed by atoms with Gasteiger partial charge in [0.25, 0.3) is 0 Å². The Morgan fingerprint density at radius 3 is 3.00 bits per heavy atom. The van der Waals surface area contributed by atoms with Crippen molar-refractivity contribution in [3.63, 3.8) is 0 Å². The Morgan fingerprint density at radius 1 is 1.58 bits per heavy atom. The van der Waals surface area contributed by atoms with E-state index in [4.69, 9.17) is 4.74 Å². The fraction of sp³-hybridized carbons (Fsp3) is 0.444. The Labute approximate surface area is 72.3 Å². The third-order valence-electron chi connectivity index (χ3n) is 1.36. The van der Waals surface area contributed by atoms with E-state index in [9.17, 15) is 0 Å². The van der Waals surface area contributed by atoms with E-state index in [1.54, 1.807) is 11.8 Å². The Morgan fingerprint density at radius 2 is 2.42 bits per heavy atom. The maximum atomic E-state index is 4.78. The van der Waals surface area contributed by atoms with E-state index in [1.165, 1.54) is 0 Å². The first-order valence-corrected chi connectivity index (χ1v) is 3.77. The van der Waals surface area contributed by atoms with E-state index in [2.05, 4.69) is 16.9 Å². The number of rotatable bonds is 2. The van der Waals surface area contributed by atoms with Gasteiger partial charge in [0.1, 0.15) is 13.2 Å². The average Bonchev–Trinajstić information content (AvgIpc) is 2.45. The molecule has 0 radical (unpaired) electrons. The predicted octanol–water partition coefficient (Wildman–Crippen LogP) is 0.841. The molecule has 0 aromatic carbocycles. The largest absolute Gasteiger partial charge is 0.372 e. The lowest BCUT2D eigenvalue weighted by Gasteiger charge is -1.90. The van der Waals surface area contributed by atoms with Gasteiger partial charge in [-0.25, -0.2) is 0 Å². The van der Waals surface area contributed by atoms with E-state index in [1.807, 2.05) is 19.2 Å². The maximum Gasteiger partial charge on any atom is 0.107 e. The SMILES string of the molecule is COCC#CCn1ccc(C)n1. The van der Waals surface area contributed by atoms with Gasteiger partial charge in [0.2, 0.25) is 0 Å². The van der Waals surface area contributed by atoms with Gasteiger partial charge < -0.3 is 4.74 Å². The smallest absolute Gasteiger partial charge is 0.107 e. The lowest BCUT2D eigenvalue weighted by Crippen LogP contribution is -1.96. The van der Waals surface area contributed by atoms with E-state index in [0.29, 0.717) is 13.2 Å². The second-order valence-corrected chi connectivity index (χ2v) is 2.44. The summed E-state index contributed by atoms with van der Waals surface area (Å²) in [5, 5.41) is 4.18. The van der Waals surface area contributed by atoms with Crippen molar-refractivity contribution in [3.05, 3.63) is 18.0 Å². The number of hydrogen-bond acceptors (Lipinski definition) is 2. The fourth-order valence-electron chi connectivity index (χ4n) is 0.811. The van der Waals surface area contributed by atoms with Crippen molar-refractivity contribution in [1.82, 2.24) is 9.78 Å². The molecule has 0 bridgehead atoms. The van der Waals surface area contributed by atoms with Gasteiger partial charge in [0.15, 0.2) is 0 Å². The number of hydrogen-bond donors (Lipinski definition) is 0. The minimum Gasteiger partial charge on any atom is -0.372 e. The number of aromatic nitrogens is 2. The quantitative estimate of drug-likeness (QED) is 0.606. The number of ether oxygens (including phenoxy) is 1. The molecule has 64 valence electrons. The summed E-state index contributed by atoms with van der Waals surface area (Å²) in [6, 6.07) is 1.96. The van der Waals surface area contributed by atoms with Crippen LogP contribution in [-0.2, 0) is 11.3 Å². The lowest BCUT2D eigenvalue weighted by atomic mass is 10.5. The summed E-state index contributed by atoms with van der Waals surface area (Å²) in [4.78, 5) is 0. The minimum atomic E-state index is 0.486. The molecule has 0 aliphatic carbocycles. The molecule has 1 heterocycles. The Kier molecular flexibility index (Phi) is 3.36. The number of aryl methyl sites for hydroxylation is 1. The molecule has 0 fully saturated rings. The average molecular weight is 164 g/mol. The molecule has 0 atom stereocenters. The topological polar surface area (TPSA) is 27.1 Å². The van der Waals surface area contributed by atoms with Crippen LogP contribution in [0.4, 0.5) is 0 Å². The van der Waals surface area contributed by atoms with Crippen LogP contribution in [0, 0.1) is 18.8 Å². The molecule has 1 rings (SSSR count). The van der Waals surface area contributed by atoms with Crippen LogP contribution in [0.3, 0.4) is 0 Å². The maximum absolute atomic E-state index is 4.78. The number of methoxy groups -OCH3 is 1. The summed E-state index contributed by atoms with van der Waals surface area (Å²) in [6.07, 6.45) is 1.91. The molecule has 1 aromatic rings. The molecular formula is C9H12N2O. The van der Waals surface area contributed by atoms with Crippen molar-refractivity contribution in [2.75, 3.05) is 13.7 Å². The molecule has 3 nitrogen and oxygen atoms in total. The second kappa shape index (κ2) is 4.58. The van der Waals surface area contributed by atoms with Crippen molar-refractivity contribution < 1.29 is 4.74 Å². The van der Waals surface area contributed by atoms with Gasteiger partial charge in [-0.15, -0.1) is 0 Å². The van der Waals surface area contributed by atoms with E-state index < -0.39 is 0 Å². The normalized spacial score (nSPS) is 9.17. The minimum absolute atomic E-state index is 0.486. The standard InChI is InChI=1S/C9H12N2O/c1-9-5-7-11(10-9)6-3-4-8-12-2/h5,7H,6,8H2,1-2H3. The molecule has 0 aliphatic heterocycles. The first-order valence-electron chi connectivity index (χ1n) is 3.77. The molecule has 0 unspecified atom stereocenters. The highest BCUT2D eigenvalue weighted by atomic mass is 16.5. The van der Waals surface area contributed by atoms with Gasteiger partial charge in [-0.2, -0.15) is 5.10 Å². The molecule has 0 spiro atoms. The van der Waals surface area contributed by atoms with Crippen LogP contribution in [0.1, 0.15) is 5.69 Å². The van der Waals surface area contributed by atoms with E-state index >= 15 is 0 Å². The van der Waals surface area contributed by atoms with Gasteiger partial charge >= 0.3 is 0 Å². The molecule has 0 N–H and O–H groups in total. The third-order valence-corrected chi connectivity index (χ3v) is 1.36. The van der Waals surface area contributed by atoms with Gasteiger partial charge in [-0.3, -0.25) is 4.68 Å². The zero-order valence-corrected chi connectivity index (χ0v) is 7.37. The molecule has 0 aliphatic rings. The first kappa shape index (κ1) is 8.82. The first-order chi connectivity index (χ1) is 5.83. The van der Waals surface area contributed by atoms with Crippen LogP contribution < -0.4 is 0 Å². The van der Waals surface area contributed by atoms with E-state index in [0.717, 1.165) is 5.69 Å². The van der Waals surface area contributed by atoms with Crippen molar-refractivity contribution in [2.45, 2.75) is 13.5 Å². The fourth-order valence-corrected chi connectivity index (χ4v) is 0.811. The van der Waals surface area contributed by atoms with Crippen molar-refractivity contribution in [1.29, 1.82) is 0 Å². The molecular weight excluding hydrogens is 152 g/mol. The van der Waals surface area contributed by atoms with Crippen LogP contribution in [0.5, 0.6) is 0 Å². The summed E-state index contributed by atoms with van der Waals surface area (Å²) < 4.78 is 6.59. The zero-order valence-electron chi connectivity index (χ0n) is 7.37. The molecule has 0 saturated carbocycles. The van der Waals surface area contributed by atoms with Gasteiger partial charge in [-0.1, -0.05) is 11.8 Å². The molecule has 3 heteroatoms. The second-order valence-electron chi connectivity index (χ2n) is 2.44. The predicted molar refractivity (Wildman–Crippen MR) is 46.6 cm³/mol. The van der Waals surface area contributed by atoms with Gasteiger partial charge in [-0.05, 0) is 13.0 Å². The molecule has 1 aromatic heterocycles. The van der Waals surface area contributed by atoms with Crippen LogP contribution in [-0.4, -0.2) is 23.5 Å². The number of nitrogens with zero attached hydrogens (tertiary/aromatic N) is 2. The van der Waals surface area contributed by atoms with Crippen LogP contribution >= 0.6 is 0 Å². The van der Waals surface area contributed by atoms with Crippen molar-refractivity contribution in [2.24, 2.45) is 0 Å². The van der Waals surface area contributed by atoms with Crippen LogP contribution in [0.25, 0.3) is 0 Å². The highest BCUT2D eigenvalue weighted by molar-refractivity contribution is 5.01. The van der Waals surface area contributed by atoms with Crippen LogP contribution in [0.15, 0.2) is 12.3 Å². The van der Waals surface area contributed by atoms with Crippen molar-refractivity contribution in [3.8, 4) is 11.8 Å². The van der Waals surface area contributed by atoms with Gasteiger partial charge in [0.05, 0.1) is 5.69 Å². The summed E-state index contributed by atoms with van der Waals surface area (Å²) in [5.74, 6) is 5.80. The monoisotopic (exact) mass is 164 g/mol. The van der Waals surface area contributed by atoms with Crippen LogP contribution in [0.2, 0.25) is 0 Å². The molecule has 0 amide bonds. The van der Waals surface area contributed by atoms with Gasteiger partial charge in [0, 0.05) is 13.3 Å². The Hall–Kier alpha value is -1.27. The third kappa shape index (κ3) is 2.77. The summed E-state index contributed by atoms with van der Waals surface area (Å²) in [6.45, 7) is 3.08. The summed E-state index contributed by atoms with van der Waals surface area (Å²) in [7, 11) is 1.63. The molecule has 12 heavy (non-hydrogen) atoms. The zero-order chi connectivity index (χ0) is 8.81. The molecule has 0 saturated heterocycles. The Balaban J connectivity index is 2.39. The van der Waals surface area contributed by atoms with Crippen molar-refractivity contribution >= 4 is 0 Å².